The number of aromatic nitrogens is 2. The van der Waals surface area contributed by atoms with Crippen molar-refractivity contribution >= 4 is 23.4 Å². The largest absolute Gasteiger partial charge is 0.450 e. The van der Waals surface area contributed by atoms with Gasteiger partial charge in [-0.1, -0.05) is 6.07 Å². The van der Waals surface area contributed by atoms with E-state index in [1.807, 2.05) is 6.07 Å². The van der Waals surface area contributed by atoms with Crippen LogP contribution in [0.15, 0.2) is 36.7 Å². The lowest BCUT2D eigenvalue weighted by Gasteiger charge is -2.34. The first kappa shape index (κ1) is 16.9. The lowest BCUT2D eigenvalue weighted by Crippen LogP contribution is -2.49. The molecule has 1 aliphatic rings. The average molecular weight is 345 g/mol. The molecule has 0 unspecified atom stereocenters. The van der Waals surface area contributed by atoms with E-state index >= 15 is 0 Å². The molecule has 1 N–H and O–H groups in total. The van der Waals surface area contributed by atoms with Gasteiger partial charge in [-0.3, -0.25) is 0 Å². The summed E-state index contributed by atoms with van der Waals surface area (Å²) in [6.45, 7) is 4.65. The predicted octanol–water partition coefficient (Wildman–Crippen LogP) is 2.64. The van der Waals surface area contributed by atoms with E-state index in [2.05, 4.69) is 20.2 Å². The van der Waals surface area contributed by atoms with Gasteiger partial charge in [-0.25, -0.2) is 19.2 Å². The van der Waals surface area contributed by atoms with Crippen LogP contribution in [0, 0.1) is 5.82 Å². The summed E-state index contributed by atoms with van der Waals surface area (Å²) in [4.78, 5) is 24.0. The first-order valence-corrected chi connectivity index (χ1v) is 8.17. The molecule has 1 aromatic heterocycles. The average Bonchev–Trinajstić information content (AvgIpc) is 2.62. The number of rotatable bonds is 4. The number of nitrogens with zero attached hydrogens (tertiary/aromatic N) is 4. The minimum atomic E-state index is -0.311. The predicted molar refractivity (Wildman–Crippen MR) is 92.5 cm³/mol. The van der Waals surface area contributed by atoms with Crippen LogP contribution in [0.3, 0.4) is 0 Å². The third kappa shape index (κ3) is 4.34. The van der Waals surface area contributed by atoms with Gasteiger partial charge in [-0.2, -0.15) is 0 Å². The molecule has 0 aliphatic carbocycles. The second-order valence-electron chi connectivity index (χ2n) is 5.57. The van der Waals surface area contributed by atoms with Crippen LogP contribution in [0.4, 0.5) is 26.5 Å². The van der Waals surface area contributed by atoms with E-state index in [-0.39, 0.29) is 11.9 Å². The summed E-state index contributed by atoms with van der Waals surface area (Å²) >= 11 is 0. The van der Waals surface area contributed by atoms with Crippen LogP contribution in [0.5, 0.6) is 0 Å². The Morgan fingerprint density at radius 2 is 2.04 bits per heavy atom. The standard InChI is InChI=1S/C17H20FN5O2/c1-2-25-17(24)23-8-6-22(7-9-23)16-11-15(19-12-20-16)21-14-5-3-4-13(18)10-14/h3-5,10-12H,2,6-9H2,1H3,(H,19,20,21). The maximum atomic E-state index is 13.3. The van der Waals surface area contributed by atoms with Gasteiger partial charge in [0.2, 0.25) is 0 Å². The first-order valence-electron chi connectivity index (χ1n) is 8.17. The lowest BCUT2D eigenvalue weighted by atomic mass is 10.3. The third-order valence-corrected chi connectivity index (χ3v) is 3.88. The van der Waals surface area contributed by atoms with Crippen LogP contribution in [0.25, 0.3) is 0 Å². The molecule has 1 fully saturated rings. The van der Waals surface area contributed by atoms with Crippen molar-refractivity contribution in [2.75, 3.05) is 43.0 Å². The molecule has 0 saturated carbocycles. The molecule has 1 saturated heterocycles. The molecule has 0 radical (unpaired) electrons. The molecule has 1 aliphatic heterocycles. The second-order valence-corrected chi connectivity index (χ2v) is 5.57. The molecular formula is C17H20FN5O2. The summed E-state index contributed by atoms with van der Waals surface area (Å²) in [5.74, 6) is 1.04. The Morgan fingerprint density at radius 3 is 2.76 bits per heavy atom. The van der Waals surface area contributed by atoms with Crippen molar-refractivity contribution in [2.24, 2.45) is 0 Å². The van der Waals surface area contributed by atoms with Crippen molar-refractivity contribution in [1.82, 2.24) is 14.9 Å². The van der Waals surface area contributed by atoms with Gasteiger partial charge in [0.15, 0.2) is 0 Å². The van der Waals surface area contributed by atoms with Gasteiger partial charge in [0.25, 0.3) is 0 Å². The molecule has 132 valence electrons. The molecule has 2 heterocycles. The zero-order chi connectivity index (χ0) is 17.6. The van der Waals surface area contributed by atoms with E-state index in [1.165, 1.54) is 18.5 Å². The van der Waals surface area contributed by atoms with E-state index < -0.39 is 0 Å². The maximum absolute atomic E-state index is 13.3. The molecule has 8 heteroatoms. The van der Waals surface area contributed by atoms with Crippen LogP contribution < -0.4 is 10.2 Å². The molecule has 1 amide bonds. The number of piperazine rings is 1. The molecule has 1 aromatic carbocycles. The number of ether oxygens (including phenoxy) is 1. The topological polar surface area (TPSA) is 70.6 Å². The van der Waals surface area contributed by atoms with Crippen molar-refractivity contribution in [3.05, 3.63) is 42.5 Å². The SMILES string of the molecule is CCOC(=O)N1CCN(c2cc(Nc3cccc(F)c3)ncn2)CC1. The Kier molecular flexibility index (Phi) is 5.27. The van der Waals surface area contributed by atoms with Crippen LogP contribution in [0.2, 0.25) is 0 Å². The molecule has 2 aromatic rings. The van der Waals surface area contributed by atoms with E-state index in [1.54, 1.807) is 24.0 Å². The molecule has 7 nitrogen and oxygen atoms in total. The number of halogens is 1. The smallest absolute Gasteiger partial charge is 0.409 e. The normalized spacial score (nSPS) is 14.3. The molecule has 0 spiro atoms. The Hall–Kier alpha value is -2.90. The van der Waals surface area contributed by atoms with Gasteiger partial charge in [0.05, 0.1) is 6.61 Å². The first-order chi connectivity index (χ1) is 12.2. The number of nitrogens with one attached hydrogen (secondary N) is 1. The number of carbonyl (C=O) groups excluding carboxylic acids is 1. The quantitative estimate of drug-likeness (QED) is 0.919. The monoisotopic (exact) mass is 345 g/mol. The summed E-state index contributed by atoms with van der Waals surface area (Å²) in [5, 5.41) is 3.07. The highest BCUT2D eigenvalue weighted by Crippen LogP contribution is 2.20. The molecule has 0 atom stereocenters. The molecular weight excluding hydrogens is 325 g/mol. The van der Waals surface area contributed by atoms with E-state index in [9.17, 15) is 9.18 Å². The van der Waals surface area contributed by atoms with Crippen molar-refractivity contribution in [1.29, 1.82) is 0 Å². The maximum Gasteiger partial charge on any atom is 0.409 e. The van der Waals surface area contributed by atoms with Crippen molar-refractivity contribution in [3.63, 3.8) is 0 Å². The van der Waals surface area contributed by atoms with Crippen LogP contribution in [0.1, 0.15) is 6.92 Å². The fourth-order valence-corrected chi connectivity index (χ4v) is 2.64. The zero-order valence-electron chi connectivity index (χ0n) is 14.0. The van der Waals surface area contributed by atoms with Gasteiger partial charge in [0, 0.05) is 37.9 Å². The van der Waals surface area contributed by atoms with Crippen LogP contribution >= 0.6 is 0 Å². The highest BCUT2D eigenvalue weighted by atomic mass is 19.1. The van der Waals surface area contributed by atoms with Crippen LogP contribution in [-0.4, -0.2) is 53.7 Å². The highest BCUT2D eigenvalue weighted by Gasteiger charge is 2.22. The number of carbonyl (C=O) groups is 1. The Balaban J connectivity index is 1.63. The van der Waals surface area contributed by atoms with Gasteiger partial charge in [0.1, 0.15) is 23.8 Å². The Morgan fingerprint density at radius 1 is 1.24 bits per heavy atom. The summed E-state index contributed by atoms with van der Waals surface area (Å²) in [7, 11) is 0. The fourth-order valence-electron chi connectivity index (χ4n) is 2.64. The summed E-state index contributed by atoms with van der Waals surface area (Å²) in [6.07, 6.45) is 1.19. The highest BCUT2D eigenvalue weighted by molar-refractivity contribution is 5.68. The van der Waals surface area contributed by atoms with Gasteiger partial charge in [-0.15, -0.1) is 0 Å². The Labute approximate surface area is 145 Å². The Bertz CT molecular complexity index is 734. The van der Waals surface area contributed by atoms with Crippen molar-refractivity contribution in [2.45, 2.75) is 6.92 Å². The van der Waals surface area contributed by atoms with Crippen LogP contribution in [-0.2, 0) is 4.74 Å². The number of amides is 1. The van der Waals surface area contributed by atoms with Gasteiger partial charge >= 0.3 is 6.09 Å². The summed E-state index contributed by atoms with van der Waals surface area (Å²) < 4.78 is 18.3. The van der Waals surface area contributed by atoms with Gasteiger partial charge < -0.3 is 19.9 Å². The van der Waals surface area contributed by atoms with Crippen molar-refractivity contribution < 1.29 is 13.9 Å². The van der Waals surface area contributed by atoms with E-state index in [0.29, 0.717) is 44.3 Å². The number of hydrogen-bond acceptors (Lipinski definition) is 6. The minimum Gasteiger partial charge on any atom is -0.450 e. The fraction of sp³-hybridized carbons (Fsp3) is 0.353. The molecule has 25 heavy (non-hydrogen) atoms. The zero-order valence-corrected chi connectivity index (χ0v) is 14.0. The second kappa shape index (κ2) is 7.78. The molecule has 0 bridgehead atoms. The number of hydrogen-bond donors (Lipinski definition) is 1. The summed E-state index contributed by atoms with van der Waals surface area (Å²) in [5.41, 5.74) is 0.622. The lowest BCUT2D eigenvalue weighted by molar-refractivity contribution is 0.105. The molecule has 3 rings (SSSR count). The number of benzene rings is 1. The number of anilines is 3. The van der Waals surface area contributed by atoms with E-state index in [0.717, 1.165) is 5.82 Å². The summed E-state index contributed by atoms with van der Waals surface area (Å²) in [6, 6.07) is 8.00. The van der Waals surface area contributed by atoms with E-state index in [4.69, 9.17) is 4.74 Å². The third-order valence-electron chi connectivity index (χ3n) is 3.88. The minimum absolute atomic E-state index is 0.279. The van der Waals surface area contributed by atoms with Crippen molar-refractivity contribution in [3.8, 4) is 0 Å². The van der Waals surface area contributed by atoms with Gasteiger partial charge in [-0.05, 0) is 25.1 Å².